The van der Waals surface area contributed by atoms with E-state index < -0.39 is 0 Å². The van der Waals surface area contributed by atoms with Gasteiger partial charge in [0.2, 0.25) is 0 Å². The van der Waals surface area contributed by atoms with Gasteiger partial charge in [-0.1, -0.05) is 32.0 Å². The number of rotatable bonds is 2. The summed E-state index contributed by atoms with van der Waals surface area (Å²) in [7, 11) is 0. The van der Waals surface area contributed by atoms with Gasteiger partial charge in [0.15, 0.2) is 0 Å². The fraction of sp³-hybridized carbons (Fsp3) is 0.400. The molecule has 0 unspecified atom stereocenters. The Bertz CT molecular complexity index is 228. The molecule has 0 aliphatic carbocycles. The van der Waals surface area contributed by atoms with E-state index >= 15 is 0 Å². The fourth-order valence-corrected chi connectivity index (χ4v) is 1.20. The molecule has 0 saturated carbocycles. The molecule has 1 heteroatoms. The molecule has 2 N–H and O–H groups in total. The van der Waals surface area contributed by atoms with E-state index in [2.05, 4.69) is 26.0 Å². The van der Waals surface area contributed by atoms with Crippen molar-refractivity contribution in [2.24, 2.45) is 5.73 Å². The summed E-state index contributed by atoms with van der Waals surface area (Å²) in [6.45, 7) is 4.93. The smallest absolute Gasteiger partial charge is 0.0187 e. The van der Waals surface area contributed by atoms with Gasteiger partial charge in [0.1, 0.15) is 0 Å². The van der Waals surface area contributed by atoms with Gasteiger partial charge < -0.3 is 5.73 Å². The molecule has 11 heavy (non-hydrogen) atoms. The zero-order chi connectivity index (χ0) is 8.27. The van der Waals surface area contributed by atoms with Crippen molar-refractivity contribution >= 4 is 0 Å². The molecule has 0 aromatic heterocycles. The first-order valence-corrected chi connectivity index (χ1v) is 3.95. The molecule has 1 aromatic carbocycles. The Morgan fingerprint density at radius 3 is 2.73 bits per heavy atom. The number of nitrogens with two attached hydrogens (primary N) is 1. The molecule has 0 spiro atoms. The third-order valence-electron chi connectivity index (χ3n) is 1.80. The van der Waals surface area contributed by atoms with E-state index in [1.807, 2.05) is 12.1 Å². The topological polar surface area (TPSA) is 26.0 Å². The average molecular weight is 148 g/mol. The molecule has 1 nitrogen and oxygen atoms in total. The Morgan fingerprint density at radius 1 is 1.55 bits per heavy atom. The standard InChI is InChI=1S/C10H14N/c1-8(2)10-6-4-3-5-9(10)7-11/h3-4,6,8H,7,11H2,1-2H3. The summed E-state index contributed by atoms with van der Waals surface area (Å²) in [5.74, 6) is 0.547. The van der Waals surface area contributed by atoms with Gasteiger partial charge in [0.25, 0.3) is 0 Å². The Morgan fingerprint density at radius 2 is 2.27 bits per heavy atom. The lowest BCUT2D eigenvalue weighted by Crippen LogP contribution is -2.02. The largest absolute Gasteiger partial charge is 0.326 e. The highest BCUT2D eigenvalue weighted by Crippen LogP contribution is 2.17. The van der Waals surface area contributed by atoms with Crippen LogP contribution in [0.4, 0.5) is 0 Å². The van der Waals surface area contributed by atoms with E-state index in [1.165, 1.54) is 5.56 Å². The predicted octanol–water partition coefficient (Wildman–Crippen LogP) is 2.07. The molecule has 0 amide bonds. The first kappa shape index (κ1) is 8.28. The van der Waals surface area contributed by atoms with Crippen LogP contribution in [0.1, 0.15) is 30.9 Å². The van der Waals surface area contributed by atoms with Gasteiger partial charge in [-0.25, -0.2) is 0 Å². The van der Waals surface area contributed by atoms with Gasteiger partial charge in [-0.3, -0.25) is 0 Å². The lowest BCUT2D eigenvalue weighted by molar-refractivity contribution is 0.839. The molecule has 1 rings (SSSR count). The first-order valence-electron chi connectivity index (χ1n) is 3.95. The van der Waals surface area contributed by atoms with Crippen LogP contribution >= 0.6 is 0 Å². The van der Waals surface area contributed by atoms with Crippen LogP contribution < -0.4 is 5.73 Å². The maximum atomic E-state index is 5.56. The van der Waals surface area contributed by atoms with Gasteiger partial charge in [-0.15, -0.1) is 0 Å². The van der Waals surface area contributed by atoms with E-state index in [0.717, 1.165) is 5.56 Å². The van der Waals surface area contributed by atoms with Crippen molar-refractivity contribution in [2.45, 2.75) is 26.3 Å². The summed E-state index contributed by atoms with van der Waals surface area (Å²) in [6, 6.07) is 9.18. The summed E-state index contributed by atoms with van der Waals surface area (Å²) in [5.41, 5.74) is 8.01. The van der Waals surface area contributed by atoms with Gasteiger partial charge in [0.05, 0.1) is 0 Å². The van der Waals surface area contributed by atoms with Crippen LogP contribution in [-0.4, -0.2) is 0 Å². The van der Waals surface area contributed by atoms with Gasteiger partial charge in [-0.2, -0.15) is 0 Å². The summed E-state index contributed by atoms with van der Waals surface area (Å²) in [4.78, 5) is 0. The van der Waals surface area contributed by atoms with Crippen molar-refractivity contribution in [2.75, 3.05) is 0 Å². The van der Waals surface area contributed by atoms with Crippen LogP contribution in [-0.2, 0) is 6.54 Å². The second kappa shape index (κ2) is 3.54. The Labute approximate surface area is 68.2 Å². The van der Waals surface area contributed by atoms with Gasteiger partial charge in [0, 0.05) is 6.54 Å². The van der Waals surface area contributed by atoms with Gasteiger partial charge >= 0.3 is 0 Å². The molecule has 1 radical (unpaired) electrons. The summed E-state index contributed by atoms with van der Waals surface area (Å²) in [6.07, 6.45) is 0. The normalized spacial score (nSPS) is 10.5. The van der Waals surface area contributed by atoms with Crippen LogP contribution in [0.5, 0.6) is 0 Å². The number of benzene rings is 1. The van der Waals surface area contributed by atoms with E-state index in [-0.39, 0.29) is 0 Å². The van der Waals surface area contributed by atoms with Crippen molar-refractivity contribution in [3.63, 3.8) is 0 Å². The third kappa shape index (κ3) is 1.81. The second-order valence-corrected chi connectivity index (χ2v) is 2.96. The van der Waals surface area contributed by atoms with E-state index in [9.17, 15) is 0 Å². The van der Waals surface area contributed by atoms with E-state index in [0.29, 0.717) is 12.5 Å². The minimum Gasteiger partial charge on any atom is -0.326 e. The molecule has 0 atom stereocenters. The molecular weight excluding hydrogens is 134 g/mol. The average Bonchev–Trinajstić information content (AvgIpc) is 2.04. The van der Waals surface area contributed by atoms with Crippen molar-refractivity contribution < 1.29 is 0 Å². The molecule has 1 aromatic rings. The first-order chi connectivity index (χ1) is 5.25. The van der Waals surface area contributed by atoms with Crippen molar-refractivity contribution in [3.05, 3.63) is 35.4 Å². The van der Waals surface area contributed by atoms with Crippen LogP contribution in [0.2, 0.25) is 0 Å². The minimum atomic E-state index is 0.547. The molecule has 0 bridgehead atoms. The van der Waals surface area contributed by atoms with Crippen molar-refractivity contribution in [1.29, 1.82) is 0 Å². The zero-order valence-corrected chi connectivity index (χ0v) is 7.09. The highest BCUT2D eigenvalue weighted by Gasteiger charge is 2.02. The fourth-order valence-electron chi connectivity index (χ4n) is 1.20. The SMILES string of the molecule is CC(C)c1ccc[c]c1CN. The van der Waals surface area contributed by atoms with Crippen molar-refractivity contribution in [1.82, 2.24) is 0 Å². The molecule has 0 heterocycles. The molecule has 0 aliphatic rings. The molecule has 59 valence electrons. The van der Waals surface area contributed by atoms with E-state index in [4.69, 9.17) is 5.73 Å². The Balaban J connectivity index is 3.02. The summed E-state index contributed by atoms with van der Waals surface area (Å²) in [5, 5.41) is 0. The highest BCUT2D eigenvalue weighted by molar-refractivity contribution is 5.28. The van der Waals surface area contributed by atoms with Gasteiger partial charge in [-0.05, 0) is 23.1 Å². The van der Waals surface area contributed by atoms with E-state index in [1.54, 1.807) is 0 Å². The van der Waals surface area contributed by atoms with Crippen LogP contribution in [0, 0.1) is 6.07 Å². The van der Waals surface area contributed by atoms with Crippen LogP contribution in [0.25, 0.3) is 0 Å². The second-order valence-electron chi connectivity index (χ2n) is 2.96. The highest BCUT2D eigenvalue weighted by atomic mass is 14.5. The summed E-state index contributed by atoms with van der Waals surface area (Å²) < 4.78 is 0. The Hall–Kier alpha value is -0.820. The predicted molar refractivity (Wildman–Crippen MR) is 47.3 cm³/mol. The monoisotopic (exact) mass is 148 g/mol. The lowest BCUT2D eigenvalue weighted by Gasteiger charge is -2.09. The van der Waals surface area contributed by atoms with Crippen molar-refractivity contribution in [3.8, 4) is 0 Å². The molecule has 0 saturated heterocycles. The third-order valence-corrected chi connectivity index (χ3v) is 1.80. The lowest BCUT2D eigenvalue weighted by atomic mass is 9.97. The molecular formula is C10H14N. The van der Waals surface area contributed by atoms with Crippen LogP contribution in [0.15, 0.2) is 18.2 Å². The quantitative estimate of drug-likeness (QED) is 0.682. The zero-order valence-electron chi connectivity index (χ0n) is 7.09. The molecule has 0 fully saturated rings. The number of hydrogen-bond donors (Lipinski definition) is 1. The summed E-state index contributed by atoms with van der Waals surface area (Å²) >= 11 is 0. The number of hydrogen-bond acceptors (Lipinski definition) is 1. The maximum absolute atomic E-state index is 5.56. The maximum Gasteiger partial charge on any atom is 0.0187 e. The molecule has 0 aliphatic heterocycles. The van der Waals surface area contributed by atoms with Crippen LogP contribution in [0.3, 0.4) is 0 Å². The Kier molecular flexibility index (Phi) is 2.66. The minimum absolute atomic E-state index is 0.547.